The maximum Gasteiger partial charge on any atom is 0.251 e. The van der Waals surface area contributed by atoms with Gasteiger partial charge in [0.05, 0.1) is 13.7 Å². The molecule has 0 radical (unpaired) electrons. The van der Waals surface area contributed by atoms with Crippen LogP contribution >= 0.6 is 0 Å². The number of likely N-dealkylation sites (tertiary alicyclic amines) is 1. The minimum atomic E-state index is -0.104. The van der Waals surface area contributed by atoms with Gasteiger partial charge in [0.15, 0.2) is 5.96 Å². The number of benzene rings is 1. The van der Waals surface area contributed by atoms with Gasteiger partial charge in [0.1, 0.15) is 5.75 Å². The minimum absolute atomic E-state index is 0.104. The van der Waals surface area contributed by atoms with E-state index in [2.05, 4.69) is 53.5 Å². The Morgan fingerprint density at radius 3 is 2.54 bits per heavy atom. The van der Waals surface area contributed by atoms with Gasteiger partial charge in [-0.05, 0) is 51.0 Å². The fourth-order valence-electron chi connectivity index (χ4n) is 3.29. The van der Waals surface area contributed by atoms with Crippen LogP contribution in [0, 0.1) is 5.92 Å². The van der Waals surface area contributed by atoms with E-state index in [0.717, 1.165) is 31.3 Å². The summed E-state index contributed by atoms with van der Waals surface area (Å²) in [6, 6.07) is 8.01. The molecule has 156 valence electrons. The molecule has 0 aromatic heterocycles. The predicted octanol–water partition coefficient (Wildman–Crippen LogP) is 1.71. The molecular weight excluding hydrogens is 354 g/mol. The quantitative estimate of drug-likeness (QED) is 0.358. The lowest BCUT2D eigenvalue weighted by molar-refractivity contribution is 0.0955. The van der Waals surface area contributed by atoms with E-state index in [4.69, 9.17) is 4.74 Å². The SMILES string of the molecule is CCNC(=NCCNC(=O)c1ccc(OC)cc1)NC1CN(C(C)C)CC1C. The molecule has 2 unspecified atom stereocenters. The number of amides is 1. The second-order valence-corrected chi connectivity index (χ2v) is 7.52. The van der Waals surface area contributed by atoms with Crippen molar-refractivity contribution in [2.45, 2.75) is 39.8 Å². The molecule has 1 amide bonds. The third kappa shape index (κ3) is 6.41. The summed E-state index contributed by atoms with van der Waals surface area (Å²) in [5.41, 5.74) is 0.614. The molecule has 2 atom stereocenters. The maximum atomic E-state index is 12.2. The zero-order valence-electron chi connectivity index (χ0n) is 17.8. The van der Waals surface area contributed by atoms with Crippen LogP contribution in [0.3, 0.4) is 0 Å². The van der Waals surface area contributed by atoms with Gasteiger partial charge < -0.3 is 20.7 Å². The fraction of sp³-hybridized carbons (Fsp3) is 0.619. The number of hydrogen-bond donors (Lipinski definition) is 3. The minimum Gasteiger partial charge on any atom is -0.497 e. The van der Waals surface area contributed by atoms with Gasteiger partial charge in [-0.1, -0.05) is 6.92 Å². The summed E-state index contributed by atoms with van der Waals surface area (Å²) in [6.45, 7) is 12.7. The molecule has 2 rings (SSSR count). The van der Waals surface area contributed by atoms with Crippen molar-refractivity contribution in [3.63, 3.8) is 0 Å². The summed E-state index contributed by atoms with van der Waals surface area (Å²) < 4.78 is 5.11. The number of rotatable bonds is 8. The molecule has 1 aliphatic heterocycles. The summed E-state index contributed by atoms with van der Waals surface area (Å²) in [6.07, 6.45) is 0. The molecule has 3 N–H and O–H groups in total. The number of guanidine groups is 1. The Morgan fingerprint density at radius 2 is 1.96 bits per heavy atom. The van der Waals surface area contributed by atoms with E-state index in [9.17, 15) is 4.79 Å². The molecule has 7 nitrogen and oxygen atoms in total. The second-order valence-electron chi connectivity index (χ2n) is 7.52. The highest BCUT2D eigenvalue weighted by Crippen LogP contribution is 2.18. The molecule has 1 aromatic carbocycles. The third-order valence-corrected chi connectivity index (χ3v) is 5.06. The maximum absolute atomic E-state index is 12.2. The van der Waals surface area contributed by atoms with E-state index in [0.29, 0.717) is 36.7 Å². The lowest BCUT2D eigenvalue weighted by Gasteiger charge is -2.22. The van der Waals surface area contributed by atoms with Crippen molar-refractivity contribution in [1.29, 1.82) is 0 Å². The summed E-state index contributed by atoms with van der Waals surface area (Å²) in [7, 11) is 1.61. The number of carbonyl (C=O) groups is 1. The number of ether oxygens (including phenoxy) is 1. The molecule has 0 spiro atoms. The van der Waals surface area contributed by atoms with Gasteiger partial charge in [0.2, 0.25) is 0 Å². The van der Waals surface area contributed by atoms with Crippen molar-refractivity contribution in [2.24, 2.45) is 10.9 Å². The molecule has 0 bridgehead atoms. The number of nitrogens with zero attached hydrogens (tertiary/aromatic N) is 2. The number of nitrogens with one attached hydrogen (secondary N) is 3. The zero-order chi connectivity index (χ0) is 20.5. The number of methoxy groups -OCH3 is 1. The summed E-state index contributed by atoms with van der Waals surface area (Å²) in [5.74, 6) is 2.01. The summed E-state index contributed by atoms with van der Waals surface area (Å²) in [5, 5.41) is 9.76. The Hall–Kier alpha value is -2.28. The Balaban J connectivity index is 1.82. The molecule has 7 heteroatoms. The Labute approximate surface area is 168 Å². The van der Waals surface area contributed by atoms with Gasteiger partial charge in [-0.15, -0.1) is 0 Å². The molecule has 1 saturated heterocycles. The second kappa shape index (κ2) is 10.9. The highest BCUT2D eigenvalue weighted by atomic mass is 16.5. The van der Waals surface area contributed by atoms with Crippen molar-refractivity contribution >= 4 is 11.9 Å². The van der Waals surface area contributed by atoms with E-state index in [1.807, 2.05) is 0 Å². The van der Waals surface area contributed by atoms with Crippen LogP contribution in [0.5, 0.6) is 5.75 Å². The normalized spacial score (nSPS) is 20.3. The number of hydrogen-bond acceptors (Lipinski definition) is 4. The van der Waals surface area contributed by atoms with Gasteiger partial charge >= 0.3 is 0 Å². The van der Waals surface area contributed by atoms with Crippen LogP contribution in [0.25, 0.3) is 0 Å². The molecule has 0 aliphatic carbocycles. The van der Waals surface area contributed by atoms with Crippen LogP contribution in [-0.2, 0) is 0 Å². The van der Waals surface area contributed by atoms with Crippen LogP contribution in [0.1, 0.15) is 38.1 Å². The molecule has 0 saturated carbocycles. The van der Waals surface area contributed by atoms with E-state index >= 15 is 0 Å². The molecule has 28 heavy (non-hydrogen) atoms. The van der Waals surface area contributed by atoms with Gasteiger partial charge in [-0.2, -0.15) is 0 Å². The lowest BCUT2D eigenvalue weighted by atomic mass is 10.1. The predicted molar refractivity (Wildman–Crippen MR) is 114 cm³/mol. The van der Waals surface area contributed by atoms with Gasteiger partial charge in [0.25, 0.3) is 5.91 Å². The van der Waals surface area contributed by atoms with E-state index < -0.39 is 0 Å². The summed E-state index contributed by atoms with van der Waals surface area (Å²) >= 11 is 0. The first kappa shape index (κ1) is 22.0. The Bertz CT molecular complexity index is 645. The highest BCUT2D eigenvalue weighted by Gasteiger charge is 2.31. The fourth-order valence-corrected chi connectivity index (χ4v) is 3.29. The van der Waals surface area contributed by atoms with Crippen LogP contribution < -0.4 is 20.7 Å². The molecular formula is C21H35N5O2. The summed E-state index contributed by atoms with van der Waals surface area (Å²) in [4.78, 5) is 19.3. The first-order chi connectivity index (χ1) is 13.4. The molecule has 1 aromatic rings. The van der Waals surface area contributed by atoms with Crippen molar-refractivity contribution in [1.82, 2.24) is 20.9 Å². The van der Waals surface area contributed by atoms with E-state index in [1.54, 1.807) is 31.4 Å². The monoisotopic (exact) mass is 389 g/mol. The topological polar surface area (TPSA) is 78.0 Å². The average Bonchev–Trinajstić information content (AvgIpc) is 3.06. The van der Waals surface area contributed by atoms with Gasteiger partial charge in [0, 0.05) is 43.8 Å². The number of aliphatic imine (C=N–C) groups is 1. The highest BCUT2D eigenvalue weighted by molar-refractivity contribution is 5.94. The van der Waals surface area contributed by atoms with Crippen LogP contribution in [-0.4, -0.2) is 68.7 Å². The van der Waals surface area contributed by atoms with E-state index in [-0.39, 0.29) is 5.91 Å². The van der Waals surface area contributed by atoms with Crippen molar-refractivity contribution in [2.75, 3.05) is 39.8 Å². The van der Waals surface area contributed by atoms with Crippen LogP contribution in [0.15, 0.2) is 29.3 Å². The Kier molecular flexibility index (Phi) is 8.57. The van der Waals surface area contributed by atoms with Crippen molar-refractivity contribution in [3.05, 3.63) is 29.8 Å². The standard InChI is InChI=1S/C21H35N5O2/c1-6-22-21(25-19-14-26(15(2)3)13-16(19)4)24-12-11-23-20(27)17-7-9-18(28-5)10-8-17/h7-10,15-16,19H,6,11-14H2,1-5H3,(H,23,27)(H2,22,24,25). The number of carbonyl (C=O) groups excluding carboxylic acids is 1. The van der Waals surface area contributed by atoms with Crippen molar-refractivity contribution in [3.8, 4) is 5.75 Å². The molecule has 1 heterocycles. The van der Waals surface area contributed by atoms with Gasteiger partial charge in [-0.25, -0.2) is 0 Å². The smallest absolute Gasteiger partial charge is 0.251 e. The third-order valence-electron chi connectivity index (χ3n) is 5.06. The largest absolute Gasteiger partial charge is 0.497 e. The van der Waals surface area contributed by atoms with Crippen molar-refractivity contribution < 1.29 is 9.53 Å². The van der Waals surface area contributed by atoms with Gasteiger partial charge in [-0.3, -0.25) is 14.7 Å². The van der Waals surface area contributed by atoms with Crippen LogP contribution in [0.2, 0.25) is 0 Å². The first-order valence-corrected chi connectivity index (χ1v) is 10.2. The zero-order valence-corrected chi connectivity index (χ0v) is 17.8. The van der Waals surface area contributed by atoms with E-state index in [1.165, 1.54) is 0 Å². The lowest BCUT2D eigenvalue weighted by Crippen LogP contribution is -2.47. The first-order valence-electron chi connectivity index (χ1n) is 10.2. The van der Waals surface area contributed by atoms with Crippen LogP contribution in [0.4, 0.5) is 0 Å². The average molecular weight is 390 g/mol. The Morgan fingerprint density at radius 1 is 1.25 bits per heavy atom. The molecule has 1 fully saturated rings. The molecule has 1 aliphatic rings.